The number of rotatable bonds is 9. The third-order valence-electron chi connectivity index (χ3n) is 2.93. The number of ether oxygens (including phenoxy) is 1. The Morgan fingerprint density at radius 1 is 1.12 bits per heavy atom. The number of hydrogen-bond acceptors (Lipinski definition) is 6. The van der Waals surface area contributed by atoms with Crippen LogP contribution >= 0.6 is 0 Å². The summed E-state index contributed by atoms with van der Waals surface area (Å²) in [7, 11) is 0. The second-order valence-electron chi connectivity index (χ2n) is 4.92. The topological polar surface area (TPSA) is 145 Å². The van der Waals surface area contributed by atoms with Crippen molar-refractivity contribution >= 4 is 18.0 Å². The number of carbonyl (C=O) groups excluding carboxylic acids is 2. The minimum atomic E-state index is -1.75. The molecule has 0 unspecified atom stereocenters. The maximum absolute atomic E-state index is 11.9. The zero-order valence-electron chi connectivity index (χ0n) is 12.8. The van der Waals surface area contributed by atoms with E-state index in [0.29, 0.717) is 0 Å². The van der Waals surface area contributed by atoms with E-state index in [0.717, 1.165) is 5.56 Å². The van der Waals surface area contributed by atoms with Gasteiger partial charge in [-0.1, -0.05) is 30.3 Å². The molecule has 1 atom stereocenters. The lowest BCUT2D eigenvalue weighted by atomic mass is 10.1. The van der Waals surface area contributed by atoms with Crippen molar-refractivity contribution < 1.29 is 34.4 Å². The van der Waals surface area contributed by atoms with Crippen LogP contribution in [0.5, 0.6) is 0 Å². The van der Waals surface area contributed by atoms with Gasteiger partial charge in [-0.05, 0) is 12.0 Å². The smallest absolute Gasteiger partial charge is 0.408 e. The van der Waals surface area contributed by atoms with Crippen LogP contribution in [0.25, 0.3) is 0 Å². The highest BCUT2D eigenvalue weighted by molar-refractivity contribution is 5.86. The average Bonchev–Trinajstić information content (AvgIpc) is 2.55. The van der Waals surface area contributed by atoms with Crippen molar-refractivity contribution in [1.82, 2.24) is 10.6 Å². The Morgan fingerprint density at radius 3 is 2.38 bits per heavy atom. The summed E-state index contributed by atoms with van der Waals surface area (Å²) < 4.78 is 4.96. The molecule has 0 spiro atoms. The number of aliphatic carboxylic acids is 1. The molecule has 1 aromatic carbocycles. The first-order chi connectivity index (χ1) is 11.4. The van der Waals surface area contributed by atoms with Crippen LogP contribution in [0.2, 0.25) is 0 Å². The highest BCUT2D eigenvalue weighted by Gasteiger charge is 2.22. The van der Waals surface area contributed by atoms with Crippen molar-refractivity contribution in [1.29, 1.82) is 0 Å². The first-order valence-electron chi connectivity index (χ1n) is 7.21. The Bertz CT molecular complexity index is 548. The zero-order valence-corrected chi connectivity index (χ0v) is 12.8. The summed E-state index contributed by atoms with van der Waals surface area (Å²) in [4.78, 5) is 34.3. The van der Waals surface area contributed by atoms with Crippen molar-refractivity contribution in [2.75, 3.05) is 6.54 Å². The molecule has 5 N–H and O–H groups in total. The molecule has 2 amide bonds. The highest BCUT2D eigenvalue weighted by atomic mass is 16.5. The van der Waals surface area contributed by atoms with Gasteiger partial charge in [0.05, 0.1) is 6.54 Å². The minimum absolute atomic E-state index is 0.00467. The van der Waals surface area contributed by atoms with E-state index in [4.69, 9.17) is 20.1 Å². The molecule has 24 heavy (non-hydrogen) atoms. The van der Waals surface area contributed by atoms with E-state index in [1.807, 2.05) is 6.07 Å². The number of aliphatic hydroxyl groups is 2. The van der Waals surface area contributed by atoms with Crippen LogP contribution in [0.4, 0.5) is 4.79 Å². The Labute approximate surface area is 138 Å². The molecule has 0 aliphatic carbocycles. The number of benzene rings is 1. The van der Waals surface area contributed by atoms with E-state index in [2.05, 4.69) is 10.6 Å². The molecule has 9 heteroatoms. The second kappa shape index (κ2) is 10.2. The normalized spacial score (nSPS) is 11.6. The van der Waals surface area contributed by atoms with Crippen LogP contribution in [-0.2, 0) is 20.9 Å². The third kappa shape index (κ3) is 8.11. The lowest BCUT2D eigenvalue weighted by molar-refractivity contribution is -0.137. The number of alkyl carbamates (subject to hydrolysis) is 1. The number of amides is 2. The molecule has 0 radical (unpaired) electrons. The van der Waals surface area contributed by atoms with Crippen molar-refractivity contribution in [3.63, 3.8) is 0 Å². The molecular weight excluding hydrogens is 320 g/mol. The molecule has 9 nitrogen and oxygen atoms in total. The van der Waals surface area contributed by atoms with Crippen molar-refractivity contribution in [3.8, 4) is 0 Å². The van der Waals surface area contributed by atoms with Crippen LogP contribution in [0, 0.1) is 0 Å². The molecule has 0 aromatic heterocycles. The molecule has 0 heterocycles. The lowest BCUT2D eigenvalue weighted by Crippen LogP contribution is -2.48. The molecule has 1 rings (SSSR count). The first-order valence-corrected chi connectivity index (χ1v) is 7.21. The van der Waals surface area contributed by atoms with E-state index in [1.54, 1.807) is 24.3 Å². The van der Waals surface area contributed by atoms with E-state index in [9.17, 15) is 14.4 Å². The van der Waals surface area contributed by atoms with Gasteiger partial charge in [-0.2, -0.15) is 0 Å². The molecule has 0 bridgehead atoms. The van der Waals surface area contributed by atoms with Gasteiger partial charge in [-0.3, -0.25) is 9.59 Å². The fourth-order valence-electron chi connectivity index (χ4n) is 1.76. The summed E-state index contributed by atoms with van der Waals surface area (Å²) in [5.74, 6) is -1.87. The molecule has 0 saturated carbocycles. The van der Waals surface area contributed by atoms with Crippen molar-refractivity contribution in [3.05, 3.63) is 35.9 Å². The third-order valence-corrected chi connectivity index (χ3v) is 2.93. The molecule has 0 fully saturated rings. The Kier molecular flexibility index (Phi) is 8.23. The molecular formula is C15H20N2O7. The lowest BCUT2D eigenvalue weighted by Gasteiger charge is -2.18. The van der Waals surface area contributed by atoms with Crippen LogP contribution < -0.4 is 10.6 Å². The fourth-order valence-corrected chi connectivity index (χ4v) is 1.76. The zero-order chi connectivity index (χ0) is 17.9. The first kappa shape index (κ1) is 19.4. The maximum atomic E-state index is 11.9. The standard InChI is InChI=1S/C15H20N2O7/c18-12(19)7-6-11(14(22)16-8-13(20)21)17-15(23)24-9-10-4-2-1-3-5-10/h1-5,11,13,20-21H,6-9H2,(H,16,22)(H,17,23)(H,18,19)/t11-/m0/s1. The largest absolute Gasteiger partial charge is 0.481 e. The number of carboxylic acids is 1. The van der Waals surface area contributed by atoms with E-state index in [1.165, 1.54) is 0 Å². The van der Waals surface area contributed by atoms with Gasteiger partial charge in [0, 0.05) is 6.42 Å². The number of carboxylic acid groups (broad SMARTS) is 1. The molecule has 1 aromatic rings. The van der Waals surface area contributed by atoms with Crippen LogP contribution in [-0.4, -0.2) is 52.2 Å². The number of aliphatic hydroxyl groups excluding tert-OH is 1. The summed E-state index contributed by atoms with van der Waals surface area (Å²) in [6.07, 6.45) is -3.14. The van der Waals surface area contributed by atoms with Crippen LogP contribution in [0.1, 0.15) is 18.4 Å². The van der Waals surface area contributed by atoms with Gasteiger partial charge >= 0.3 is 12.1 Å². The summed E-state index contributed by atoms with van der Waals surface area (Å²) in [5.41, 5.74) is 0.752. The summed E-state index contributed by atoms with van der Waals surface area (Å²) >= 11 is 0. The van der Waals surface area contributed by atoms with Crippen LogP contribution in [0.3, 0.4) is 0 Å². The molecule has 0 saturated heterocycles. The summed E-state index contributed by atoms with van der Waals surface area (Å²) in [6, 6.07) is 7.71. The fraction of sp³-hybridized carbons (Fsp3) is 0.400. The quantitative estimate of drug-likeness (QED) is 0.384. The van der Waals surface area contributed by atoms with Crippen LogP contribution in [0.15, 0.2) is 30.3 Å². The van der Waals surface area contributed by atoms with Gasteiger partial charge in [0.1, 0.15) is 12.6 Å². The van der Waals surface area contributed by atoms with Gasteiger partial charge < -0.3 is 30.7 Å². The van der Waals surface area contributed by atoms with E-state index in [-0.39, 0.29) is 19.4 Å². The Hall–Kier alpha value is -2.65. The molecule has 132 valence electrons. The highest BCUT2D eigenvalue weighted by Crippen LogP contribution is 2.03. The van der Waals surface area contributed by atoms with Gasteiger partial charge in [0.25, 0.3) is 0 Å². The number of hydrogen-bond donors (Lipinski definition) is 5. The monoisotopic (exact) mass is 340 g/mol. The number of nitrogens with one attached hydrogen (secondary N) is 2. The second-order valence-corrected chi connectivity index (χ2v) is 4.92. The predicted molar refractivity (Wildman–Crippen MR) is 81.7 cm³/mol. The van der Waals surface area contributed by atoms with Crippen molar-refractivity contribution in [2.45, 2.75) is 31.8 Å². The van der Waals surface area contributed by atoms with E-state index < -0.39 is 36.8 Å². The van der Waals surface area contributed by atoms with Crippen molar-refractivity contribution in [2.24, 2.45) is 0 Å². The Morgan fingerprint density at radius 2 is 1.79 bits per heavy atom. The average molecular weight is 340 g/mol. The maximum Gasteiger partial charge on any atom is 0.408 e. The summed E-state index contributed by atoms with van der Waals surface area (Å²) in [5, 5.41) is 30.6. The Balaban J connectivity index is 2.53. The summed E-state index contributed by atoms with van der Waals surface area (Å²) in [6.45, 7) is -0.446. The SMILES string of the molecule is O=C(O)CC[C@H](NC(=O)OCc1ccccc1)C(=O)NCC(O)O. The number of carbonyl (C=O) groups is 3. The minimum Gasteiger partial charge on any atom is -0.481 e. The van der Waals surface area contributed by atoms with Gasteiger partial charge in [-0.15, -0.1) is 0 Å². The predicted octanol–water partition coefficient (Wildman–Crippen LogP) is -0.427. The molecule has 0 aliphatic heterocycles. The van der Waals surface area contributed by atoms with Gasteiger partial charge in [-0.25, -0.2) is 4.79 Å². The van der Waals surface area contributed by atoms with Gasteiger partial charge in [0.15, 0.2) is 6.29 Å². The molecule has 0 aliphatic rings. The van der Waals surface area contributed by atoms with E-state index >= 15 is 0 Å². The van der Waals surface area contributed by atoms with Gasteiger partial charge in [0.2, 0.25) is 5.91 Å².